The average molecular weight is 915 g/mol. The van der Waals surface area contributed by atoms with Gasteiger partial charge in [-0.05, 0) is 95.1 Å². The lowest BCUT2D eigenvalue weighted by Crippen LogP contribution is -2.57. The van der Waals surface area contributed by atoms with E-state index in [2.05, 4.69) is 78.6 Å². The highest BCUT2D eigenvalue weighted by molar-refractivity contribution is 7.13. The number of carbonyl (C=O) groups excluding carboxylic acids is 3. The van der Waals surface area contributed by atoms with E-state index in [0.717, 1.165) is 63.7 Å². The SMILES string of the molecule is Cc1ncsc1-c1ccc(CNC(=O)[C@@H]2C[C@@H](O)CN2C(=O)[C@@H](NC(=O)CCOCCNc2cccc(-c3ccc4c(c3)[C@H]3[C@H](CCN3Cc3ccncc3)[C@@H](CO)N4)c2)C(C)(C)C)cc1. The number of amides is 3. The monoisotopic (exact) mass is 914 g/mol. The molecule has 15 heteroatoms. The quantitative estimate of drug-likeness (QED) is 0.0589. The van der Waals surface area contributed by atoms with Crippen LogP contribution in [0.4, 0.5) is 11.4 Å². The Balaban J connectivity index is 0.807. The zero-order chi connectivity index (χ0) is 46.4. The molecule has 6 N–H and O–H groups in total. The summed E-state index contributed by atoms with van der Waals surface area (Å²) in [6.07, 6.45) is 4.00. The van der Waals surface area contributed by atoms with E-state index in [-0.39, 0.29) is 63.0 Å². The number of carbonyl (C=O) groups is 3. The standard InChI is InChI=1S/C51H62N8O6S/c1-32-47(66-31-55-32)35-10-8-33(9-11-35)27-54-49(63)44-26-39(61)29-59(44)50(64)48(51(2,3)4)57-45(62)17-22-65-23-20-53-38-7-5-6-36(24-38)37-12-13-42-41(25-37)46-40(43(30-60)56-42)16-21-58(46)28-34-14-18-52-19-15-34/h5-15,18-19,24-25,31,39-40,43-44,46,48,53,56,60-61H,16-17,20-23,26-30H2,1-4H3,(H,54,63)(H,57,62)/t39-,40-,43-,44+,46-,48-/m1/s1. The number of aromatic nitrogens is 2. The highest BCUT2D eigenvalue weighted by atomic mass is 32.1. The summed E-state index contributed by atoms with van der Waals surface area (Å²) in [4.78, 5) is 54.4. The molecule has 3 aliphatic rings. The minimum absolute atomic E-state index is 0.00505. The first-order valence-electron chi connectivity index (χ1n) is 23.0. The van der Waals surface area contributed by atoms with Crippen molar-refractivity contribution in [1.29, 1.82) is 0 Å². The third-order valence-corrected chi connectivity index (χ3v) is 14.0. The maximum absolute atomic E-state index is 14.1. The molecular formula is C51H62N8O6S. The van der Waals surface area contributed by atoms with Crippen molar-refractivity contribution in [3.63, 3.8) is 0 Å². The number of anilines is 2. The molecule has 2 aromatic heterocycles. The van der Waals surface area contributed by atoms with Crippen LogP contribution in [0.5, 0.6) is 0 Å². The lowest BCUT2D eigenvalue weighted by molar-refractivity contribution is -0.144. The molecule has 66 heavy (non-hydrogen) atoms. The molecule has 0 unspecified atom stereocenters. The van der Waals surface area contributed by atoms with Crippen LogP contribution in [0.1, 0.15) is 68.5 Å². The minimum atomic E-state index is -0.920. The van der Waals surface area contributed by atoms with Gasteiger partial charge in [0.25, 0.3) is 0 Å². The van der Waals surface area contributed by atoms with E-state index in [1.165, 1.54) is 16.0 Å². The van der Waals surface area contributed by atoms with Crippen molar-refractivity contribution >= 4 is 40.4 Å². The van der Waals surface area contributed by atoms with E-state index in [0.29, 0.717) is 19.1 Å². The number of pyridine rings is 1. The van der Waals surface area contributed by atoms with E-state index < -0.39 is 29.5 Å². The van der Waals surface area contributed by atoms with Crippen LogP contribution in [0.15, 0.2) is 96.8 Å². The number of aliphatic hydroxyl groups excluding tert-OH is 2. The van der Waals surface area contributed by atoms with E-state index in [1.807, 2.05) is 82.0 Å². The molecule has 5 aromatic rings. The number of aliphatic hydroxyl groups is 2. The number of nitrogens with zero attached hydrogens (tertiary/aromatic N) is 4. The van der Waals surface area contributed by atoms with Gasteiger partial charge in [0.05, 0.1) is 48.0 Å². The van der Waals surface area contributed by atoms with Gasteiger partial charge >= 0.3 is 0 Å². The summed E-state index contributed by atoms with van der Waals surface area (Å²) in [5.41, 5.74) is 10.8. The summed E-state index contributed by atoms with van der Waals surface area (Å²) in [5.74, 6) is -0.787. The van der Waals surface area contributed by atoms with Gasteiger partial charge in [0, 0.05) is 74.7 Å². The van der Waals surface area contributed by atoms with E-state index >= 15 is 0 Å². The molecule has 0 spiro atoms. The number of β-amino-alcohol motifs (C(OH)–C–C–N with tert-alkyl or cyclic N) is 1. The Kier molecular flexibility index (Phi) is 14.8. The largest absolute Gasteiger partial charge is 0.394 e. The van der Waals surface area contributed by atoms with Gasteiger partial charge < -0.3 is 41.1 Å². The molecule has 2 saturated heterocycles. The molecule has 0 bridgehead atoms. The molecule has 348 valence electrons. The molecule has 6 atom stereocenters. The van der Waals surface area contributed by atoms with Gasteiger partial charge in [-0.1, -0.05) is 63.2 Å². The number of thiazole rings is 1. The van der Waals surface area contributed by atoms with Gasteiger partial charge in [-0.2, -0.15) is 0 Å². The summed E-state index contributed by atoms with van der Waals surface area (Å²) in [7, 11) is 0. The van der Waals surface area contributed by atoms with Crippen molar-refractivity contribution in [2.75, 3.05) is 50.1 Å². The second-order valence-corrected chi connectivity index (χ2v) is 19.6. The number of fused-ring (bicyclic) bond motifs is 3. The topological polar surface area (TPSA) is 181 Å². The molecule has 0 aliphatic carbocycles. The maximum Gasteiger partial charge on any atom is 0.246 e. The number of benzene rings is 3. The first-order valence-corrected chi connectivity index (χ1v) is 23.9. The summed E-state index contributed by atoms with van der Waals surface area (Å²) in [5, 5.41) is 33.8. The molecule has 14 nitrogen and oxygen atoms in total. The van der Waals surface area contributed by atoms with Gasteiger partial charge in [0.2, 0.25) is 17.7 Å². The smallest absolute Gasteiger partial charge is 0.246 e. The molecular weight excluding hydrogens is 853 g/mol. The predicted octanol–water partition coefficient (Wildman–Crippen LogP) is 6.16. The van der Waals surface area contributed by atoms with Crippen molar-refractivity contribution in [2.45, 2.75) is 90.3 Å². The molecule has 0 saturated carbocycles. The van der Waals surface area contributed by atoms with Gasteiger partial charge in [-0.25, -0.2) is 4.98 Å². The zero-order valence-corrected chi connectivity index (χ0v) is 39.0. The number of aryl methyl sites for hydroxylation is 1. The summed E-state index contributed by atoms with van der Waals surface area (Å²) >= 11 is 1.58. The number of likely N-dealkylation sites (tertiary alicyclic amines) is 2. The summed E-state index contributed by atoms with van der Waals surface area (Å²) < 4.78 is 5.86. The lowest BCUT2D eigenvalue weighted by atomic mass is 9.82. The van der Waals surface area contributed by atoms with Crippen LogP contribution in [0.25, 0.3) is 21.6 Å². The Morgan fingerprint density at radius 2 is 1.74 bits per heavy atom. The second kappa shape index (κ2) is 20.9. The Bertz CT molecular complexity index is 2460. The Morgan fingerprint density at radius 1 is 0.970 bits per heavy atom. The predicted molar refractivity (Wildman–Crippen MR) is 257 cm³/mol. The lowest BCUT2D eigenvalue weighted by Gasteiger charge is -2.39. The van der Waals surface area contributed by atoms with Crippen molar-refractivity contribution in [3.8, 4) is 21.6 Å². The maximum atomic E-state index is 14.1. The number of ether oxygens (including phenoxy) is 1. The van der Waals surface area contributed by atoms with Gasteiger partial charge in [0.15, 0.2) is 0 Å². The van der Waals surface area contributed by atoms with Crippen molar-refractivity contribution in [1.82, 2.24) is 30.4 Å². The fourth-order valence-corrected chi connectivity index (χ4v) is 10.4. The molecule has 2 fully saturated rings. The third-order valence-electron chi connectivity index (χ3n) is 13.1. The van der Waals surface area contributed by atoms with Crippen LogP contribution in [-0.4, -0.2) is 111 Å². The Labute approximate surface area is 391 Å². The third kappa shape index (κ3) is 10.9. The van der Waals surface area contributed by atoms with Gasteiger partial charge in [-0.15, -0.1) is 11.3 Å². The van der Waals surface area contributed by atoms with Crippen molar-refractivity contribution < 1.29 is 29.3 Å². The molecule has 5 heterocycles. The Hall–Kier alpha value is -5.71. The number of rotatable bonds is 17. The van der Waals surface area contributed by atoms with Gasteiger partial charge in [-0.3, -0.25) is 24.3 Å². The zero-order valence-electron chi connectivity index (χ0n) is 38.2. The summed E-state index contributed by atoms with van der Waals surface area (Å²) in [6, 6.07) is 25.3. The summed E-state index contributed by atoms with van der Waals surface area (Å²) in [6.45, 7) is 10.8. The molecule has 8 rings (SSSR count). The van der Waals surface area contributed by atoms with Crippen LogP contribution < -0.4 is 21.3 Å². The minimum Gasteiger partial charge on any atom is -0.394 e. The molecule has 3 amide bonds. The molecule has 3 aromatic carbocycles. The van der Waals surface area contributed by atoms with E-state index in [1.54, 1.807) is 11.3 Å². The van der Waals surface area contributed by atoms with Crippen LogP contribution in [0.2, 0.25) is 0 Å². The van der Waals surface area contributed by atoms with Crippen molar-refractivity contribution in [2.24, 2.45) is 11.3 Å². The molecule has 3 aliphatic heterocycles. The van der Waals surface area contributed by atoms with Crippen LogP contribution in [-0.2, 0) is 32.2 Å². The van der Waals surface area contributed by atoms with Crippen LogP contribution in [0.3, 0.4) is 0 Å². The molecule has 0 radical (unpaired) electrons. The van der Waals surface area contributed by atoms with Gasteiger partial charge in [0.1, 0.15) is 12.1 Å². The van der Waals surface area contributed by atoms with Crippen molar-refractivity contribution in [3.05, 3.63) is 119 Å². The van der Waals surface area contributed by atoms with Crippen LogP contribution >= 0.6 is 11.3 Å². The highest BCUT2D eigenvalue weighted by Gasteiger charge is 2.45. The first-order chi connectivity index (χ1) is 31.9. The number of hydrogen-bond donors (Lipinski definition) is 6. The van der Waals surface area contributed by atoms with E-state index in [4.69, 9.17) is 4.74 Å². The van der Waals surface area contributed by atoms with E-state index in [9.17, 15) is 24.6 Å². The number of nitrogens with one attached hydrogen (secondary N) is 4. The fourth-order valence-electron chi connectivity index (χ4n) is 9.59. The highest BCUT2D eigenvalue weighted by Crippen LogP contribution is 2.48. The number of hydrogen-bond acceptors (Lipinski definition) is 12. The average Bonchev–Trinajstić information content (AvgIpc) is 4.06. The fraction of sp³-hybridized carbons (Fsp3) is 0.431. The normalized spacial score (nSPS) is 20.8. The first kappa shape index (κ1) is 46.8. The van der Waals surface area contributed by atoms with Crippen LogP contribution in [0, 0.1) is 18.3 Å². The Morgan fingerprint density at radius 3 is 2.48 bits per heavy atom. The second-order valence-electron chi connectivity index (χ2n) is 18.8.